The Morgan fingerprint density at radius 3 is 2.52 bits per heavy atom. The summed E-state index contributed by atoms with van der Waals surface area (Å²) in [5.74, 6) is 0.0388. The Morgan fingerprint density at radius 2 is 1.95 bits per heavy atom. The molecule has 0 bridgehead atoms. The van der Waals surface area contributed by atoms with Gasteiger partial charge in [0, 0.05) is 28.9 Å². The molecule has 21 heavy (non-hydrogen) atoms. The van der Waals surface area contributed by atoms with E-state index in [1.807, 2.05) is 24.8 Å². The number of nitrogens with zero attached hydrogens (tertiary/aromatic N) is 1. The van der Waals surface area contributed by atoms with Crippen molar-refractivity contribution in [2.24, 2.45) is 0 Å². The lowest BCUT2D eigenvalue weighted by Gasteiger charge is -2.18. The molecule has 1 aromatic carbocycles. The summed E-state index contributed by atoms with van der Waals surface area (Å²) in [6.45, 7) is 5.45. The first kappa shape index (κ1) is 18.0. The lowest BCUT2D eigenvalue weighted by atomic mass is 10.2. The number of carboxylic acids is 1. The minimum absolute atomic E-state index is 0.183. The molecule has 0 aliphatic carbocycles. The van der Waals surface area contributed by atoms with E-state index in [-0.39, 0.29) is 11.5 Å². The molecule has 0 saturated carbocycles. The molecule has 4 nitrogen and oxygen atoms in total. The van der Waals surface area contributed by atoms with E-state index in [9.17, 15) is 9.59 Å². The molecule has 6 heteroatoms. The van der Waals surface area contributed by atoms with Gasteiger partial charge in [-0.1, -0.05) is 0 Å². The van der Waals surface area contributed by atoms with Gasteiger partial charge in [-0.2, -0.15) is 0 Å². The molecule has 1 N–H and O–H groups in total. The summed E-state index contributed by atoms with van der Waals surface area (Å²) < 4.78 is 0.580. The van der Waals surface area contributed by atoms with Gasteiger partial charge in [0.2, 0.25) is 5.91 Å². The summed E-state index contributed by atoms with van der Waals surface area (Å²) in [6, 6.07) is 5.28. The third-order valence-electron chi connectivity index (χ3n) is 3.09. The van der Waals surface area contributed by atoms with E-state index in [1.165, 1.54) is 0 Å². The van der Waals surface area contributed by atoms with E-state index >= 15 is 0 Å². The Balaban J connectivity index is 2.45. The average molecular weight is 374 g/mol. The number of thioether (sulfide) groups is 1. The Bertz CT molecular complexity index is 504. The number of carboxylic acid groups (broad SMARTS) is 1. The number of amides is 1. The molecule has 1 rings (SSSR count). The van der Waals surface area contributed by atoms with Crippen molar-refractivity contribution in [2.45, 2.75) is 31.6 Å². The number of carbonyl (C=O) groups is 2. The molecular formula is C15H20BrNO3S. The fourth-order valence-corrected chi connectivity index (χ4v) is 3.21. The zero-order chi connectivity index (χ0) is 15.8. The predicted octanol–water partition coefficient (Wildman–Crippen LogP) is 3.89. The molecule has 0 radical (unpaired) electrons. The van der Waals surface area contributed by atoms with Crippen LogP contribution in [0.4, 0.5) is 0 Å². The van der Waals surface area contributed by atoms with Crippen molar-refractivity contribution in [2.75, 3.05) is 18.8 Å². The van der Waals surface area contributed by atoms with Gasteiger partial charge in [-0.05, 0) is 60.2 Å². The van der Waals surface area contributed by atoms with Crippen molar-refractivity contribution >= 4 is 39.6 Å². The zero-order valence-corrected chi connectivity index (χ0v) is 14.7. The molecule has 0 atom stereocenters. The topological polar surface area (TPSA) is 57.6 Å². The highest BCUT2D eigenvalue weighted by Gasteiger charge is 2.11. The van der Waals surface area contributed by atoms with Crippen LogP contribution in [0.3, 0.4) is 0 Å². The van der Waals surface area contributed by atoms with Gasteiger partial charge in [0.15, 0.2) is 0 Å². The molecule has 0 unspecified atom stereocenters. The molecule has 0 saturated heterocycles. The number of hydrogen-bond donors (Lipinski definition) is 1. The molecule has 0 spiro atoms. The molecule has 116 valence electrons. The highest BCUT2D eigenvalue weighted by Crippen LogP contribution is 2.25. The van der Waals surface area contributed by atoms with Crippen molar-refractivity contribution in [3.05, 3.63) is 28.2 Å². The van der Waals surface area contributed by atoms with Crippen LogP contribution in [-0.2, 0) is 4.79 Å². The lowest BCUT2D eigenvalue weighted by molar-refractivity contribution is -0.130. The second-order valence-electron chi connectivity index (χ2n) is 4.46. The molecule has 0 fully saturated rings. The van der Waals surface area contributed by atoms with Crippen molar-refractivity contribution in [3.8, 4) is 0 Å². The van der Waals surface area contributed by atoms with Gasteiger partial charge in [0.25, 0.3) is 0 Å². The highest BCUT2D eigenvalue weighted by molar-refractivity contribution is 9.10. The number of carbonyl (C=O) groups excluding carboxylic acids is 1. The first-order chi connectivity index (χ1) is 9.99. The van der Waals surface area contributed by atoms with E-state index in [2.05, 4.69) is 15.9 Å². The van der Waals surface area contributed by atoms with Crippen LogP contribution in [0.1, 0.15) is 37.0 Å². The molecule has 0 aliphatic rings. The average Bonchev–Trinajstić information content (AvgIpc) is 2.46. The smallest absolute Gasteiger partial charge is 0.336 e. The second kappa shape index (κ2) is 9.10. The molecular weight excluding hydrogens is 354 g/mol. The minimum atomic E-state index is -0.943. The third-order valence-corrected chi connectivity index (χ3v) is 4.86. The number of hydrogen-bond acceptors (Lipinski definition) is 3. The Kier molecular flexibility index (Phi) is 7.82. The predicted molar refractivity (Wildman–Crippen MR) is 89.0 cm³/mol. The summed E-state index contributed by atoms with van der Waals surface area (Å²) in [7, 11) is 0. The van der Waals surface area contributed by atoms with Crippen LogP contribution in [0.25, 0.3) is 0 Å². The van der Waals surface area contributed by atoms with Gasteiger partial charge in [0.1, 0.15) is 0 Å². The van der Waals surface area contributed by atoms with Gasteiger partial charge < -0.3 is 10.0 Å². The maximum Gasteiger partial charge on any atom is 0.336 e. The second-order valence-corrected chi connectivity index (χ2v) is 6.49. The van der Waals surface area contributed by atoms with Crippen LogP contribution in [0.15, 0.2) is 27.6 Å². The van der Waals surface area contributed by atoms with Gasteiger partial charge in [-0.15, -0.1) is 11.8 Å². The first-order valence-electron chi connectivity index (χ1n) is 6.93. The van der Waals surface area contributed by atoms with Crippen LogP contribution in [0, 0.1) is 0 Å². The van der Waals surface area contributed by atoms with Crippen molar-refractivity contribution < 1.29 is 14.7 Å². The standard InChI is InChI=1S/C15H20BrNO3S/c1-3-17(4-2)14(18)6-5-9-21-11-7-8-13(16)12(10-11)15(19)20/h7-8,10H,3-6,9H2,1-2H3,(H,19,20). The van der Waals surface area contributed by atoms with Gasteiger partial charge in [0.05, 0.1) is 5.56 Å². The number of rotatable bonds is 8. The van der Waals surface area contributed by atoms with Crippen molar-refractivity contribution in [1.29, 1.82) is 0 Å². The van der Waals surface area contributed by atoms with E-state index in [1.54, 1.807) is 23.9 Å². The Hall–Kier alpha value is -1.01. The number of aromatic carboxylic acids is 1. The van der Waals surface area contributed by atoms with E-state index < -0.39 is 5.97 Å². The van der Waals surface area contributed by atoms with Crippen LogP contribution in [0.5, 0.6) is 0 Å². The summed E-state index contributed by atoms with van der Waals surface area (Å²) >= 11 is 4.80. The molecule has 0 heterocycles. The van der Waals surface area contributed by atoms with Crippen molar-refractivity contribution in [3.63, 3.8) is 0 Å². The van der Waals surface area contributed by atoms with E-state index in [4.69, 9.17) is 5.11 Å². The molecule has 1 amide bonds. The van der Waals surface area contributed by atoms with Crippen LogP contribution in [0.2, 0.25) is 0 Å². The molecule has 0 aliphatic heterocycles. The van der Waals surface area contributed by atoms with Gasteiger partial charge in [-0.3, -0.25) is 4.79 Å². The zero-order valence-electron chi connectivity index (χ0n) is 12.3. The third kappa shape index (κ3) is 5.71. The van der Waals surface area contributed by atoms with Crippen molar-refractivity contribution in [1.82, 2.24) is 4.90 Å². The molecule has 1 aromatic rings. The van der Waals surface area contributed by atoms with Crippen LogP contribution >= 0.6 is 27.7 Å². The number of benzene rings is 1. The quantitative estimate of drug-likeness (QED) is 0.554. The number of halogens is 1. The highest BCUT2D eigenvalue weighted by atomic mass is 79.9. The van der Waals surface area contributed by atoms with Gasteiger partial charge in [-0.25, -0.2) is 4.79 Å². The fraction of sp³-hybridized carbons (Fsp3) is 0.467. The summed E-state index contributed by atoms with van der Waals surface area (Å²) in [4.78, 5) is 25.6. The largest absolute Gasteiger partial charge is 0.478 e. The SMILES string of the molecule is CCN(CC)C(=O)CCCSc1ccc(Br)c(C(=O)O)c1. The summed E-state index contributed by atoms with van der Waals surface area (Å²) in [6.07, 6.45) is 1.33. The Morgan fingerprint density at radius 1 is 1.29 bits per heavy atom. The fourth-order valence-electron chi connectivity index (χ4n) is 1.91. The maximum absolute atomic E-state index is 11.8. The monoisotopic (exact) mass is 373 g/mol. The Labute approximate surface area is 138 Å². The lowest BCUT2D eigenvalue weighted by Crippen LogP contribution is -2.30. The van der Waals surface area contributed by atoms with Gasteiger partial charge >= 0.3 is 5.97 Å². The van der Waals surface area contributed by atoms with E-state index in [0.29, 0.717) is 10.9 Å². The normalized spacial score (nSPS) is 10.4. The van der Waals surface area contributed by atoms with E-state index in [0.717, 1.165) is 30.2 Å². The summed E-state index contributed by atoms with van der Waals surface area (Å²) in [5.41, 5.74) is 0.263. The van der Waals surface area contributed by atoms with Crippen LogP contribution < -0.4 is 0 Å². The first-order valence-corrected chi connectivity index (χ1v) is 8.70. The maximum atomic E-state index is 11.8. The minimum Gasteiger partial charge on any atom is -0.478 e. The molecule has 0 aromatic heterocycles. The summed E-state index contributed by atoms with van der Waals surface area (Å²) in [5, 5.41) is 9.06. The van der Waals surface area contributed by atoms with Crippen LogP contribution in [-0.4, -0.2) is 40.7 Å².